The van der Waals surface area contributed by atoms with Crippen molar-refractivity contribution >= 4 is 23.5 Å². The lowest BCUT2D eigenvalue weighted by molar-refractivity contribution is -0.124. The Labute approximate surface area is 160 Å². The fourth-order valence-electron chi connectivity index (χ4n) is 2.46. The van der Waals surface area contributed by atoms with E-state index in [0.29, 0.717) is 28.0 Å². The van der Waals surface area contributed by atoms with E-state index >= 15 is 0 Å². The summed E-state index contributed by atoms with van der Waals surface area (Å²) in [7, 11) is 0. The van der Waals surface area contributed by atoms with E-state index < -0.39 is 18.5 Å². The molecule has 0 atom stereocenters. The molecule has 27 heavy (non-hydrogen) atoms. The van der Waals surface area contributed by atoms with Crippen molar-refractivity contribution in [3.05, 3.63) is 64.2 Å². The molecule has 1 N–H and O–H groups in total. The number of halogens is 1. The average Bonchev–Trinajstić information content (AvgIpc) is 3.25. The standard InChI is InChI=1S/C19H17ClN2O5/c1-11-18(12(2)27-22-11)19(24)25-10-17(23)21-9-15-7-8-16(26-15)13-3-5-14(20)6-4-13/h3-8H,9-10H2,1-2H3,(H,21,23). The van der Waals surface area contributed by atoms with E-state index in [1.807, 2.05) is 18.2 Å². The van der Waals surface area contributed by atoms with Gasteiger partial charge >= 0.3 is 5.97 Å². The summed E-state index contributed by atoms with van der Waals surface area (Å²) >= 11 is 5.87. The highest BCUT2D eigenvalue weighted by atomic mass is 35.5. The lowest BCUT2D eigenvalue weighted by Gasteiger charge is -2.05. The number of benzene rings is 1. The molecule has 0 spiro atoms. The number of nitrogens with zero attached hydrogens (tertiary/aromatic N) is 1. The highest BCUT2D eigenvalue weighted by Gasteiger charge is 2.20. The molecule has 3 aromatic rings. The molecule has 8 heteroatoms. The number of carbonyl (C=O) groups excluding carboxylic acids is 2. The molecule has 7 nitrogen and oxygen atoms in total. The fraction of sp³-hybridized carbons (Fsp3) is 0.211. The first-order chi connectivity index (χ1) is 12.9. The Kier molecular flexibility index (Phi) is 5.61. The van der Waals surface area contributed by atoms with Crippen molar-refractivity contribution in [3.8, 4) is 11.3 Å². The van der Waals surface area contributed by atoms with Gasteiger partial charge in [0, 0.05) is 10.6 Å². The van der Waals surface area contributed by atoms with Crippen LogP contribution in [-0.2, 0) is 16.1 Å². The summed E-state index contributed by atoms with van der Waals surface area (Å²) in [6, 6.07) is 10.8. The Bertz CT molecular complexity index is 939. The molecule has 0 saturated heterocycles. The van der Waals surface area contributed by atoms with Gasteiger partial charge in [0.05, 0.1) is 12.2 Å². The van der Waals surface area contributed by atoms with E-state index in [1.54, 1.807) is 32.0 Å². The van der Waals surface area contributed by atoms with Crippen LogP contribution in [0.4, 0.5) is 0 Å². The average molecular weight is 389 g/mol. The van der Waals surface area contributed by atoms with Crippen LogP contribution in [0.25, 0.3) is 11.3 Å². The van der Waals surface area contributed by atoms with E-state index in [-0.39, 0.29) is 12.1 Å². The van der Waals surface area contributed by atoms with Crippen molar-refractivity contribution in [2.24, 2.45) is 0 Å². The van der Waals surface area contributed by atoms with Crippen LogP contribution in [0.5, 0.6) is 0 Å². The summed E-state index contributed by atoms with van der Waals surface area (Å²) in [5, 5.41) is 6.95. The van der Waals surface area contributed by atoms with Crippen LogP contribution in [0.2, 0.25) is 5.02 Å². The van der Waals surface area contributed by atoms with E-state index in [2.05, 4.69) is 10.5 Å². The minimum atomic E-state index is -0.649. The van der Waals surface area contributed by atoms with Crippen LogP contribution in [0.3, 0.4) is 0 Å². The van der Waals surface area contributed by atoms with Gasteiger partial charge in [-0.25, -0.2) is 4.79 Å². The molecule has 0 unspecified atom stereocenters. The predicted octanol–water partition coefficient (Wildman–Crippen LogP) is 3.68. The van der Waals surface area contributed by atoms with Crippen molar-refractivity contribution in [1.82, 2.24) is 10.5 Å². The zero-order valence-corrected chi connectivity index (χ0v) is 15.5. The van der Waals surface area contributed by atoms with Crippen molar-refractivity contribution in [2.45, 2.75) is 20.4 Å². The number of aromatic nitrogens is 1. The third-order valence-electron chi connectivity index (χ3n) is 3.82. The maximum Gasteiger partial charge on any atom is 0.344 e. The smallest absolute Gasteiger partial charge is 0.344 e. The summed E-state index contributed by atoms with van der Waals surface area (Å²) < 4.78 is 15.6. The number of amides is 1. The van der Waals surface area contributed by atoms with Gasteiger partial charge in [0.1, 0.15) is 22.8 Å². The molecule has 0 aliphatic heterocycles. The number of furan rings is 1. The van der Waals surface area contributed by atoms with Gasteiger partial charge in [-0.05, 0) is 50.2 Å². The normalized spacial score (nSPS) is 10.6. The number of hydrogen-bond acceptors (Lipinski definition) is 6. The van der Waals surface area contributed by atoms with Crippen molar-refractivity contribution in [1.29, 1.82) is 0 Å². The van der Waals surface area contributed by atoms with E-state index in [0.717, 1.165) is 5.56 Å². The Morgan fingerprint density at radius 2 is 1.89 bits per heavy atom. The molecule has 0 fully saturated rings. The maximum atomic E-state index is 12.0. The summed E-state index contributed by atoms with van der Waals surface area (Å²) in [5.74, 6) is 0.498. The Balaban J connectivity index is 1.49. The highest BCUT2D eigenvalue weighted by Crippen LogP contribution is 2.23. The zero-order valence-electron chi connectivity index (χ0n) is 14.7. The topological polar surface area (TPSA) is 94.6 Å². The minimum Gasteiger partial charge on any atom is -0.459 e. The van der Waals surface area contributed by atoms with Crippen LogP contribution in [-0.4, -0.2) is 23.6 Å². The second kappa shape index (κ2) is 8.09. The third-order valence-corrected chi connectivity index (χ3v) is 4.07. The van der Waals surface area contributed by atoms with Crippen molar-refractivity contribution < 1.29 is 23.3 Å². The molecule has 3 rings (SSSR count). The fourth-order valence-corrected chi connectivity index (χ4v) is 2.58. The van der Waals surface area contributed by atoms with Crippen LogP contribution in [0.1, 0.15) is 27.6 Å². The molecule has 0 aliphatic carbocycles. The van der Waals surface area contributed by atoms with Gasteiger partial charge in [0.15, 0.2) is 6.61 Å². The quantitative estimate of drug-likeness (QED) is 0.647. The number of esters is 1. The molecular formula is C19H17ClN2O5. The van der Waals surface area contributed by atoms with E-state index in [9.17, 15) is 9.59 Å². The summed E-state index contributed by atoms with van der Waals surface area (Å²) in [5.41, 5.74) is 1.54. The van der Waals surface area contributed by atoms with Crippen LogP contribution >= 0.6 is 11.6 Å². The summed E-state index contributed by atoms with van der Waals surface area (Å²) in [6.45, 7) is 3.00. The first kappa shape index (κ1) is 18.7. The summed E-state index contributed by atoms with van der Waals surface area (Å²) in [4.78, 5) is 23.9. The second-order valence-corrected chi connectivity index (χ2v) is 6.26. The van der Waals surface area contributed by atoms with Gasteiger partial charge < -0.3 is 19.0 Å². The largest absolute Gasteiger partial charge is 0.459 e. The molecular weight excluding hydrogens is 372 g/mol. The number of ether oxygens (including phenoxy) is 1. The van der Waals surface area contributed by atoms with Crippen molar-refractivity contribution in [3.63, 3.8) is 0 Å². The molecule has 0 saturated carbocycles. The lowest BCUT2D eigenvalue weighted by Crippen LogP contribution is -2.28. The summed E-state index contributed by atoms with van der Waals surface area (Å²) in [6.07, 6.45) is 0. The van der Waals surface area contributed by atoms with E-state index in [4.69, 9.17) is 25.3 Å². The number of hydrogen-bond donors (Lipinski definition) is 1. The zero-order chi connectivity index (χ0) is 19.4. The number of nitrogens with one attached hydrogen (secondary N) is 1. The van der Waals surface area contributed by atoms with Gasteiger partial charge in [-0.2, -0.15) is 0 Å². The van der Waals surface area contributed by atoms with Gasteiger partial charge in [-0.3, -0.25) is 4.79 Å². The molecule has 0 radical (unpaired) electrons. The van der Waals surface area contributed by atoms with Crippen LogP contribution < -0.4 is 5.32 Å². The number of carbonyl (C=O) groups is 2. The Morgan fingerprint density at radius 3 is 2.56 bits per heavy atom. The Hall–Kier alpha value is -3.06. The molecule has 2 heterocycles. The lowest BCUT2D eigenvalue weighted by atomic mass is 10.2. The highest BCUT2D eigenvalue weighted by molar-refractivity contribution is 6.30. The molecule has 1 aromatic carbocycles. The first-order valence-electron chi connectivity index (χ1n) is 8.15. The molecule has 1 amide bonds. The maximum absolute atomic E-state index is 12.0. The van der Waals surface area contributed by atoms with Gasteiger partial charge in [0.25, 0.3) is 5.91 Å². The monoisotopic (exact) mass is 388 g/mol. The van der Waals surface area contributed by atoms with E-state index in [1.165, 1.54) is 0 Å². The van der Waals surface area contributed by atoms with Gasteiger partial charge in [0.2, 0.25) is 0 Å². The molecule has 0 aliphatic rings. The van der Waals surface area contributed by atoms with Crippen LogP contribution in [0.15, 0.2) is 45.3 Å². The molecule has 2 aromatic heterocycles. The SMILES string of the molecule is Cc1noc(C)c1C(=O)OCC(=O)NCc1ccc(-c2ccc(Cl)cc2)o1. The predicted molar refractivity (Wildman–Crippen MR) is 97.3 cm³/mol. The third kappa shape index (κ3) is 4.57. The second-order valence-electron chi connectivity index (χ2n) is 5.82. The van der Waals surface area contributed by atoms with Crippen LogP contribution in [0, 0.1) is 13.8 Å². The van der Waals surface area contributed by atoms with Gasteiger partial charge in [-0.15, -0.1) is 0 Å². The number of aryl methyl sites for hydroxylation is 2. The van der Waals surface area contributed by atoms with Gasteiger partial charge in [-0.1, -0.05) is 16.8 Å². The molecule has 0 bridgehead atoms. The van der Waals surface area contributed by atoms with Crippen molar-refractivity contribution in [2.75, 3.05) is 6.61 Å². The first-order valence-corrected chi connectivity index (χ1v) is 8.53. The molecule has 140 valence electrons. The minimum absolute atomic E-state index is 0.176. The number of rotatable bonds is 6. The Morgan fingerprint density at radius 1 is 1.15 bits per heavy atom.